The van der Waals surface area contributed by atoms with E-state index in [-0.39, 0.29) is 6.04 Å². The molecule has 0 aliphatic heterocycles. The summed E-state index contributed by atoms with van der Waals surface area (Å²) in [5.41, 5.74) is 8.29. The molecule has 0 aliphatic carbocycles. The van der Waals surface area contributed by atoms with Gasteiger partial charge in [-0.1, -0.05) is 35.0 Å². The Morgan fingerprint density at radius 2 is 2.24 bits per heavy atom. The van der Waals surface area contributed by atoms with Crippen LogP contribution >= 0.6 is 15.9 Å². The van der Waals surface area contributed by atoms with Gasteiger partial charge in [0.15, 0.2) is 0 Å². The highest BCUT2D eigenvalue weighted by Gasteiger charge is 2.16. The van der Waals surface area contributed by atoms with Gasteiger partial charge in [0.25, 0.3) is 0 Å². The second kappa shape index (κ2) is 4.92. The SMILES string of the molecule is CCC(c1cccc(Br)c1)n1ncc(C)c1N. The zero-order valence-corrected chi connectivity index (χ0v) is 11.6. The summed E-state index contributed by atoms with van der Waals surface area (Å²) in [4.78, 5) is 0. The Bertz CT molecular complexity index is 519. The predicted octanol–water partition coefficient (Wildman–Crippen LogP) is 3.54. The van der Waals surface area contributed by atoms with Gasteiger partial charge < -0.3 is 5.73 Å². The van der Waals surface area contributed by atoms with E-state index in [0.717, 1.165) is 22.3 Å². The minimum absolute atomic E-state index is 0.196. The minimum Gasteiger partial charge on any atom is -0.384 e. The average molecular weight is 294 g/mol. The van der Waals surface area contributed by atoms with E-state index in [9.17, 15) is 0 Å². The van der Waals surface area contributed by atoms with Crippen molar-refractivity contribution in [1.29, 1.82) is 0 Å². The first-order valence-electron chi connectivity index (χ1n) is 5.68. The monoisotopic (exact) mass is 293 g/mol. The fourth-order valence-corrected chi connectivity index (χ4v) is 2.39. The smallest absolute Gasteiger partial charge is 0.125 e. The number of rotatable bonds is 3. The van der Waals surface area contributed by atoms with Crippen LogP contribution in [-0.4, -0.2) is 9.78 Å². The molecule has 90 valence electrons. The number of nitrogens with two attached hydrogens (primary N) is 1. The molecular formula is C13H16BrN3. The molecule has 17 heavy (non-hydrogen) atoms. The maximum atomic E-state index is 6.04. The normalized spacial score (nSPS) is 12.6. The fourth-order valence-electron chi connectivity index (χ4n) is 1.97. The molecule has 0 aliphatic rings. The molecule has 4 heteroatoms. The summed E-state index contributed by atoms with van der Waals surface area (Å²) in [6, 6.07) is 8.48. The highest BCUT2D eigenvalue weighted by atomic mass is 79.9. The molecule has 3 nitrogen and oxygen atoms in total. The van der Waals surface area contributed by atoms with Gasteiger partial charge in [-0.3, -0.25) is 0 Å². The molecule has 0 saturated carbocycles. The summed E-state index contributed by atoms with van der Waals surface area (Å²) in [6.07, 6.45) is 2.78. The molecule has 1 aromatic carbocycles. The summed E-state index contributed by atoms with van der Waals surface area (Å²) < 4.78 is 2.98. The number of aromatic nitrogens is 2. The topological polar surface area (TPSA) is 43.8 Å². The predicted molar refractivity (Wildman–Crippen MR) is 73.9 cm³/mol. The summed E-state index contributed by atoms with van der Waals surface area (Å²) in [5, 5.41) is 4.37. The van der Waals surface area contributed by atoms with E-state index in [2.05, 4.69) is 40.1 Å². The van der Waals surface area contributed by atoms with Crippen LogP contribution < -0.4 is 5.73 Å². The molecule has 1 unspecified atom stereocenters. The van der Waals surface area contributed by atoms with Gasteiger partial charge in [-0.2, -0.15) is 5.10 Å². The van der Waals surface area contributed by atoms with Crippen molar-refractivity contribution >= 4 is 21.7 Å². The molecule has 0 fully saturated rings. The third-order valence-corrected chi connectivity index (χ3v) is 3.44. The van der Waals surface area contributed by atoms with E-state index in [0.29, 0.717) is 0 Å². The van der Waals surface area contributed by atoms with Gasteiger partial charge in [0.1, 0.15) is 5.82 Å². The third kappa shape index (κ3) is 2.36. The minimum atomic E-state index is 0.196. The van der Waals surface area contributed by atoms with Gasteiger partial charge in [-0.25, -0.2) is 4.68 Å². The number of halogens is 1. The zero-order valence-electron chi connectivity index (χ0n) is 10.0. The van der Waals surface area contributed by atoms with Crippen LogP contribution in [0.2, 0.25) is 0 Å². The largest absolute Gasteiger partial charge is 0.384 e. The number of nitrogens with zero attached hydrogens (tertiary/aromatic N) is 2. The molecule has 0 amide bonds. The molecule has 1 aromatic heterocycles. The Balaban J connectivity index is 2.44. The Morgan fingerprint density at radius 1 is 1.47 bits per heavy atom. The molecule has 0 radical (unpaired) electrons. The van der Waals surface area contributed by atoms with Crippen LogP contribution in [0, 0.1) is 6.92 Å². The van der Waals surface area contributed by atoms with Gasteiger partial charge in [0, 0.05) is 10.0 Å². The molecule has 0 saturated heterocycles. The van der Waals surface area contributed by atoms with E-state index in [4.69, 9.17) is 5.73 Å². The van der Waals surface area contributed by atoms with Crippen molar-refractivity contribution < 1.29 is 0 Å². The van der Waals surface area contributed by atoms with Crippen molar-refractivity contribution in [1.82, 2.24) is 9.78 Å². The van der Waals surface area contributed by atoms with Crippen molar-refractivity contribution in [2.24, 2.45) is 0 Å². The van der Waals surface area contributed by atoms with Crippen LogP contribution in [0.5, 0.6) is 0 Å². The van der Waals surface area contributed by atoms with Gasteiger partial charge >= 0.3 is 0 Å². The average Bonchev–Trinajstić information content (AvgIpc) is 2.63. The second-order valence-electron chi connectivity index (χ2n) is 4.14. The Labute approximate surface area is 110 Å². The van der Waals surface area contributed by atoms with E-state index < -0.39 is 0 Å². The highest BCUT2D eigenvalue weighted by Crippen LogP contribution is 2.27. The zero-order chi connectivity index (χ0) is 12.4. The summed E-state index contributed by atoms with van der Waals surface area (Å²) in [6.45, 7) is 4.12. The van der Waals surface area contributed by atoms with Crippen molar-refractivity contribution in [2.45, 2.75) is 26.3 Å². The molecule has 2 N–H and O–H groups in total. The van der Waals surface area contributed by atoms with Gasteiger partial charge in [-0.15, -0.1) is 0 Å². The van der Waals surface area contributed by atoms with Crippen molar-refractivity contribution in [2.75, 3.05) is 5.73 Å². The Hall–Kier alpha value is -1.29. The van der Waals surface area contributed by atoms with E-state index in [1.165, 1.54) is 5.56 Å². The Morgan fingerprint density at radius 3 is 2.76 bits per heavy atom. The first-order valence-corrected chi connectivity index (χ1v) is 6.47. The first-order chi connectivity index (χ1) is 8.13. The summed E-state index contributed by atoms with van der Waals surface area (Å²) in [7, 11) is 0. The standard InChI is InChI=1S/C13H16BrN3/c1-3-12(10-5-4-6-11(14)7-10)17-13(15)9(2)8-16-17/h4-8,12H,3,15H2,1-2H3. The molecule has 0 bridgehead atoms. The maximum Gasteiger partial charge on any atom is 0.125 e. The molecule has 0 spiro atoms. The Kier molecular flexibility index (Phi) is 3.52. The van der Waals surface area contributed by atoms with Crippen LogP contribution in [0.1, 0.15) is 30.5 Å². The maximum absolute atomic E-state index is 6.04. The van der Waals surface area contributed by atoms with E-state index in [1.807, 2.05) is 29.9 Å². The quantitative estimate of drug-likeness (QED) is 0.941. The lowest BCUT2D eigenvalue weighted by molar-refractivity contribution is 0.516. The number of nitrogen functional groups attached to an aromatic ring is 1. The van der Waals surface area contributed by atoms with Crippen LogP contribution in [0.3, 0.4) is 0 Å². The number of hydrogen-bond donors (Lipinski definition) is 1. The van der Waals surface area contributed by atoms with E-state index in [1.54, 1.807) is 0 Å². The van der Waals surface area contributed by atoms with Crippen LogP contribution in [0.15, 0.2) is 34.9 Å². The van der Waals surface area contributed by atoms with Gasteiger partial charge in [0.2, 0.25) is 0 Å². The van der Waals surface area contributed by atoms with Crippen molar-refractivity contribution in [3.63, 3.8) is 0 Å². The summed E-state index contributed by atoms with van der Waals surface area (Å²) >= 11 is 3.49. The lowest BCUT2D eigenvalue weighted by Crippen LogP contribution is -2.14. The number of aryl methyl sites for hydroxylation is 1. The molecule has 2 aromatic rings. The molecular weight excluding hydrogens is 278 g/mol. The lowest BCUT2D eigenvalue weighted by atomic mass is 10.1. The van der Waals surface area contributed by atoms with Crippen LogP contribution in [-0.2, 0) is 0 Å². The van der Waals surface area contributed by atoms with Gasteiger partial charge in [0.05, 0.1) is 12.2 Å². The fraction of sp³-hybridized carbons (Fsp3) is 0.308. The highest BCUT2D eigenvalue weighted by molar-refractivity contribution is 9.10. The van der Waals surface area contributed by atoms with Crippen molar-refractivity contribution in [3.05, 3.63) is 46.1 Å². The first kappa shape index (κ1) is 12.2. The van der Waals surface area contributed by atoms with Crippen LogP contribution in [0.25, 0.3) is 0 Å². The lowest BCUT2D eigenvalue weighted by Gasteiger charge is -2.18. The molecule has 1 atom stereocenters. The van der Waals surface area contributed by atoms with E-state index >= 15 is 0 Å². The van der Waals surface area contributed by atoms with Gasteiger partial charge in [-0.05, 0) is 31.0 Å². The second-order valence-corrected chi connectivity index (χ2v) is 5.05. The third-order valence-electron chi connectivity index (χ3n) is 2.94. The number of benzene rings is 1. The van der Waals surface area contributed by atoms with Crippen molar-refractivity contribution in [3.8, 4) is 0 Å². The molecule has 1 heterocycles. The van der Waals surface area contributed by atoms with Crippen LogP contribution in [0.4, 0.5) is 5.82 Å². The number of hydrogen-bond acceptors (Lipinski definition) is 2. The number of anilines is 1. The summed E-state index contributed by atoms with van der Waals surface area (Å²) in [5.74, 6) is 0.747. The molecule has 2 rings (SSSR count).